The molecule has 0 atom stereocenters. The number of halogens is 1. The first-order chi connectivity index (χ1) is 14.5. The number of aliphatic imine (C=N–C) groups is 1. The van der Waals surface area contributed by atoms with E-state index in [1.807, 2.05) is 37.2 Å². The van der Waals surface area contributed by atoms with E-state index in [-0.39, 0.29) is 5.82 Å². The largest absolute Gasteiger partial charge is 0.370 e. The number of nitrogens with zero attached hydrogens (tertiary/aromatic N) is 4. The Morgan fingerprint density at radius 2 is 2.03 bits per heavy atom. The molecule has 1 aromatic carbocycles. The molecule has 6 heteroatoms. The van der Waals surface area contributed by atoms with Crippen molar-refractivity contribution in [3.05, 3.63) is 65.7 Å². The van der Waals surface area contributed by atoms with Crippen molar-refractivity contribution >= 4 is 23.6 Å². The Morgan fingerprint density at radius 1 is 1.27 bits per heavy atom. The van der Waals surface area contributed by atoms with Crippen LogP contribution >= 0.6 is 0 Å². The maximum atomic E-state index is 13.4. The van der Waals surface area contributed by atoms with Gasteiger partial charge in [0.25, 0.3) is 0 Å². The third-order valence-corrected chi connectivity index (χ3v) is 5.60. The third kappa shape index (κ3) is 5.75. The molecule has 1 fully saturated rings. The van der Waals surface area contributed by atoms with Crippen LogP contribution in [0.2, 0.25) is 0 Å². The SMILES string of the molecule is CC(=N/C(C)=C\C=O)N(C)c1ccc(N2CCC(Cc3cccc(F)c3)CC2)cn1. The second-order valence-electron chi connectivity index (χ2n) is 7.80. The van der Waals surface area contributed by atoms with Gasteiger partial charge in [0.2, 0.25) is 0 Å². The number of carbonyl (C=O) groups is 1. The summed E-state index contributed by atoms with van der Waals surface area (Å²) in [4.78, 5) is 23.8. The number of rotatable bonds is 6. The van der Waals surface area contributed by atoms with Gasteiger partial charge in [-0.2, -0.15) is 0 Å². The Balaban J connectivity index is 1.57. The molecule has 1 saturated heterocycles. The maximum Gasteiger partial charge on any atom is 0.144 e. The molecule has 0 amide bonds. The Labute approximate surface area is 177 Å². The Bertz CT molecular complexity index is 915. The summed E-state index contributed by atoms with van der Waals surface area (Å²) in [6.45, 7) is 5.64. The van der Waals surface area contributed by atoms with Gasteiger partial charge in [0.15, 0.2) is 0 Å². The van der Waals surface area contributed by atoms with Gasteiger partial charge in [-0.25, -0.2) is 14.4 Å². The van der Waals surface area contributed by atoms with Gasteiger partial charge < -0.3 is 9.80 Å². The zero-order chi connectivity index (χ0) is 21.5. The van der Waals surface area contributed by atoms with Crippen LogP contribution in [0.4, 0.5) is 15.9 Å². The monoisotopic (exact) mass is 408 g/mol. The highest BCUT2D eigenvalue weighted by atomic mass is 19.1. The second kappa shape index (κ2) is 10.1. The summed E-state index contributed by atoms with van der Waals surface area (Å²) in [6.07, 6.45) is 7.19. The molecule has 0 saturated carbocycles. The minimum Gasteiger partial charge on any atom is -0.370 e. The van der Waals surface area contributed by atoms with E-state index in [4.69, 9.17) is 0 Å². The van der Waals surface area contributed by atoms with Crippen LogP contribution in [0, 0.1) is 11.7 Å². The normalized spacial score (nSPS) is 15.9. The summed E-state index contributed by atoms with van der Waals surface area (Å²) < 4.78 is 13.4. The molecule has 0 N–H and O–H groups in total. The zero-order valence-electron chi connectivity index (χ0n) is 17.9. The maximum absolute atomic E-state index is 13.4. The van der Waals surface area contributed by atoms with Gasteiger partial charge in [-0.3, -0.25) is 4.79 Å². The van der Waals surface area contributed by atoms with Gasteiger partial charge in [0, 0.05) is 25.8 Å². The van der Waals surface area contributed by atoms with E-state index in [0.717, 1.165) is 61.5 Å². The van der Waals surface area contributed by atoms with Gasteiger partial charge in [0.05, 0.1) is 11.9 Å². The van der Waals surface area contributed by atoms with Crippen molar-refractivity contribution < 1.29 is 9.18 Å². The Kier molecular flexibility index (Phi) is 7.33. The molecule has 5 nitrogen and oxygen atoms in total. The lowest BCUT2D eigenvalue weighted by Gasteiger charge is -2.33. The lowest BCUT2D eigenvalue weighted by atomic mass is 9.90. The molecular weight excluding hydrogens is 379 g/mol. The van der Waals surface area contributed by atoms with E-state index in [1.54, 1.807) is 19.1 Å². The molecule has 3 rings (SSSR count). The predicted octanol–water partition coefficient (Wildman–Crippen LogP) is 4.64. The third-order valence-electron chi connectivity index (χ3n) is 5.60. The first-order valence-corrected chi connectivity index (χ1v) is 10.3. The van der Waals surface area contributed by atoms with Crippen molar-refractivity contribution in [2.75, 3.05) is 29.9 Å². The van der Waals surface area contributed by atoms with Crippen molar-refractivity contribution in [1.29, 1.82) is 0 Å². The minimum absolute atomic E-state index is 0.156. The standard InChI is InChI=1S/C24H29FN4O/c1-18(11-14-30)27-19(2)28(3)24-8-7-23(17-26-24)29-12-9-20(10-13-29)15-21-5-4-6-22(25)16-21/h4-8,11,14,16-17,20H,9-10,12-13,15H2,1-3H3/b18-11-,27-19?. The van der Waals surface area contributed by atoms with Gasteiger partial charge in [-0.15, -0.1) is 0 Å². The van der Waals surface area contributed by atoms with E-state index in [2.05, 4.69) is 20.9 Å². The summed E-state index contributed by atoms with van der Waals surface area (Å²) in [5.74, 6) is 2.00. The van der Waals surface area contributed by atoms with Crippen molar-refractivity contribution in [3.8, 4) is 0 Å². The average molecular weight is 409 g/mol. The number of pyridine rings is 1. The van der Waals surface area contributed by atoms with Crippen LogP contribution in [-0.4, -0.2) is 37.2 Å². The number of benzene rings is 1. The molecule has 1 aliphatic heterocycles. The Morgan fingerprint density at radius 3 is 2.67 bits per heavy atom. The van der Waals surface area contributed by atoms with Crippen molar-refractivity contribution in [2.45, 2.75) is 33.1 Å². The molecule has 0 spiro atoms. The van der Waals surface area contributed by atoms with Crippen LogP contribution in [0.1, 0.15) is 32.3 Å². The molecule has 2 heterocycles. The van der Waals surface area contributed by atoms with Gasteiger partial charge >= 0.3 is 0 Å². The highest BCUT2D eigenvalue weighted by molar-refractivity contribution is 5.95. The van der Waals surface area contributed by atoms with Crippen LogP contribution < -0.4 is 9.80 Å². The van der Waals surface area contributed by atoms with Crippen LogP contribution in [0.25, 0.3) is 0 Å². The van der Waals surface area contributed by atoms with E-state index in [9.17, 15) is 9.18 Å². The molecule has 30 heavy (non-hydrogen) atoms. The van der Waals surface area contributed by atoms with Gasteiger partial charge in [-0.05, 0) is 74.9 Å². The molecule has 2 aromatic rings. The smallest absolute Gasteiger partial charge is 0.144 e. The van der Waals surface area contributed by atoms with E-state index >= 15 is 0 Å². The van der Waals surface area contributed by atoms with E-state index in [0.29, 0.717) is 11.6 Å². The molecule has 0 radical (unpaired) electrons. The van der Waals surface area contributed by atoms with Crippen LogP contribution in [0.5, 0.6) is 0 Å². The second-order valence-corrected chi connectivity index (χ2v) is 7.80. The number of piperidine rings is 1. The summed E-state index contributed by atoms with van der Waals surface area (Å²) in [5, 5.41) is 0. The number of anilines is 2. The van der Waals surface area contributed by atoms with Crippen LogP contribution in [0.3, 0.4) is 0 Å². The van der Waals surface area contributed by atoms with Crippen LogP contribution in [0.15, 0.2) is 59.4 Å². The molecule has 158 valence electrons. The number of aromatic nitrogens is 1. The lowest BCUT2D eigenvalue weighted by Crippen LogP contribution is -2.34. The van der Waals surface area contributed by atoms with Crippen molar-refractivity contribution in [2.24, 2.45) is 10.9 Å². The fourth-order valence-corrected chi connectivity index (χ4v) is 3.79. The number of allylic oxidation sites excluding steroid dienone is 2. The average Bonchev–Trinajstić information content (AvgIpc) is 2.74. The molecule has 0 aliphatic carbocycles. The number of carbonyl (C=O) groups excluding carboxylic acids is 1. The summed E-state index contributed by atoms with van der Waals surface area (Å²) >= 11 is 0. The number of amidine groups is 1. The lowest BCUT2D eigenvalue weighted by molar-refractivity contribution is -0.104. The molecule has 0 unspecified atom stereocenters. The molecular formula is C24H29FN4O. The zero-order valence-corrected chi connectivity index (χ0v) is 17.9. The highest BCUT2D eigenvalue weighted by Crippen LogP contribution is 2.26. The summed E-state index contributed by atoms with van der Waals surface area (Å²) in [6, 6.07) is 11.0. The number of aldehydes is 1. The minimum atomic E-state index is -0.156. The molecule has 0 bridgehead atoms. The predicted molar refractivity (Wildman–Crippen MR) is 121 cm³/mol. The fourth-order valence-electron chi connectivity index (χ4n) is 3.79. The molecule has 1 aliphatic rings. The molecule has 1 aromatic heterocycles. The topological polar surface area (TPSA) is 48.8 Å². The summed E-state index contributed by atoms with van der Waals surface area (Å²) in [7, 11) is 1.91. The van der Waals surface area contributed by atoms with Crippen molar-refractivity contribution in [3.63, 3.8) is 0 Å². The quantitative estimate of drug-likeness (QED) is 0.302. The first kappa shape index (κ1) is 21.7. The highest BCUT2D eigenvalue weighted by Gasteiger charge is 2.20. The Hall–Kier alpha value is -3.02. The van der Waals surface area contributed by atoms with Crippen molar-refractivity contribution in [1.82, 2.24) is 4.98 Å². The summed E-state index contributed by atoms with van der Waals surface area (Å²) in [5.41, 5.74) is 2.85. The van der Waals surface area contributed by atoms with Gasteiger partial charge in [0.1, 0.15) is 23.8 Å². The number of hydrogen-bond acceptors (Lipinski definition) is 4. The van der Waals surface area contributed by atoms with E-state index < -0.39 is 0 Å². The fraction of sp³-hybridized carbons (Fsp3) is 0.375. The van der Waals surface area contributed by atoms with E-state index in [1.165, 1.54) is 12.1 Å². The van der Waals surface area contributed by atoms with Crippen LogP contribution in [-0.2, 0) is 11.2 Å². The first-order valence-electron chi connectivity index (χ1n) is 10.3. The number of hydrogen-bond donors (Lipinski definition) is 0. The van der Waals surface area contributed by atoms with Gasteiger partial charge in [-0.1, -0.05) is 12.1 Å².